The standard InChI is InChI=1S/C27H29N3O6S/c1-4-16-36-25-15-14-21(17-26(25)35-5-2)19-28-29-27(31)20-30(22-10-9-11-23(18-22)34-3)37(32,33)24-12-7-6-8-13-24/h4,6-15,17-19H,1,5,16,20H2,2-3H3,(H,29,31)/b28-19-. The second kappa shape index (κ2) is 13.1. The SMILES string of the molecule is C=CCOc1ccc(/C=N\NC(=O)CN(c2cccc(OC)c2)S(=O)(=O)c2ccccc2)cc1OCC. The Morgan fingerprint density at radius 3 is 2.51 bits per heavy atom. The van der Waals surface area contributed by atoms with Crippen molar-refractivity contribution in [3.8, 4) is 17.2 Å². The molecule has 9 nitrogen and oxygen atoms in total. The third-order valence-electron chi connectivity index (χ3n) is 4.99. The van der Waals surface area contributed by atoms with E-state index in [0.29, 0.717) is 36.0 Å². The molecule has 0 saturated carbocycles. The minimum Gasteiger partial charge on any atom is -0.497 e. The molecule has 0 aliphatic rings. The first kappa shape index (κ1) is 27.3. The van der Waals surface area contributed by atoms with Crippen molar-refractivity contribution in [2.75, 3.05) is 31.2 Å². The lowest BCUT2D eigenvalue weighted by Gasteiger charge is -2.24. The average molecular weight is 524 g/mol. The first-order valence-corrected chi connectivity index (χ1v) is 12.9. The summed E-state index contributed by atoms with van der Waals surface area (Å²) >= 11 is 0. The number of nitrogens with one attached hydrogen (secondary N) is 1. The summed E-state index contributed by atoms with van der Waals surface area (Å²) in [5.41, 5.74) is 3.32. The second-order valence-electron chi connectivity index (χ2n) is 7.56. The molecule has 0 aliphatic heterocycles. The fourth-order valence-corrected chi connectivity index (χ4v) is 4.72. The molecule has 3 aromatic carbocycles. The number of nitrogens with zero attached hydrogens (tertiary/aromatic N) is 2. The van der Waals surface area contributed by atoms with Crippen LogP contribution in [-0.4, -0.2) is 47.4 Å². The van der Waals surface area contributed by atoms with Crippen LogP contribution in [0.1, 0.15) is 12.5 Å². The highest BCUT2D eigenvalue weighted by atomic mass is 32.2. The number of methoxy groups -OCH3 is 1. The van der Waals surface area contributed by atoms with Crippen LogP contribution >= 0.6 is 0 Å². The number of hydrogen-bond donors (Lipinski definition) is 1. The molecule has 194 valence electrons. The number of carbonyl (C=O) groups is 1. The molecule has 0 bridgehead atoms. The lowest BCUT2D eigenvalue weighted by Crippen LogP contribution is -2.39. The maximum atomic E-state index is 13.4. The molecule has 0 aliphatic carbocycles. The van der Waals surface area contributed by atoms with Crippen molar-refractivity contribution in [1.29, 1.82) is 0 Å². The molecule has 0 unspecified atom stereocenters. The van der Waals surface area contributed by atoms with Crippen LogP contribution in [0, 0.1) is 0 Å². The van der Waals surface area contributed by atoms with Gasteiger partial charge in [0.05, 0.1) is 30.5 Å². The van der Waals surface area contributed by atoms with Crippen LogP contribution in [0.25, 0.3) is 0 Å². The molecule has 1 N–H and O–H groups in total. The van der Waals surface area contributed by atoms with Crippen molar-refractivity contribution in [3.63, 3.8) is 0 Å². The zero-order valence-electron chi connectivity index (χ0n) is 20.7. The quantitative estimate of drug-likeness (QED) is 0.206. The van der Waals surface area contributed by atoms with Crippen LogP contribution in [-0.2, 0) is 14.8 Å². The van der Waals surface area contributed by atoms with E-state index in [1.165, 1.54) is 25.5 Å². The number of rotatable bonds is 13. The number of carbonyl (C=O) groups excluding carboxylic acids is 1. The highest BCUT2D eigenvalue weighted by molar-refractivity contribution is 7.92. The number of amides is 1. The zero-order valence-corrected chi connectivity index (χ0v) is 21.5. The first-order chi connectivity index (χ1) is 17.9. The van der Waals surface area contributed by atoms with Gasteiger partial charge < -0.3 is 14.2 Å². The van der Waals surface area contributed by atoms with Gasteiger partial charge in [0, 0.05) is 6.07 Å². The van der Waals surface area contributed by atoms with E-state index in [-0.39, 0.29) is 10.6 Å². The number of ether oxygens (including phenoxy) is 3. The van der Waals surface area contributed by atoms with E-state index in [0.717, 1.165) is 4.31 Å². The smallest absolute Gasteiger partial charge is 0.264 e. The maximum absolute atomic E-state index is 13.4. The minimum atomic E-state index is -4.05. The third-order valence-corrected chi connectivity index (χ3v) is 6.77. The van der Waals surface area contributed by atoms with Gasteiger partial charge in [-0.2, -0.15) is 5.10 Å². The summed E-state index contributed by atoms with van der Waals surface area (Å²) in [6.07, 6.45) is 3.06. The van der Waals surface area contributed by atoms with E-state index < -0.39 is 22.5 Å². The fourth-order valence-electron chi connectivity index (χ4n) is 3.29. The molecule has 0 atom stereocenters. The van der Waals surface area contributed by atoms with Gasteiger partial charge in [-0.3, -0.25) is 9.10 Å². The number of sulfonamides is 1. The van der Waals surface area contributed by atoms with E-state index >= 15 is 0 Å². The van der Waals surface area contributed by atoms with Gasteiger partial charge in [-0.1, -0.05) is 36.9 Å². The Bertz CT molecular complexity index is 1340. The predicted octanol–water partition coefficient (Wildman–Crippen LogP) is 4.00. The molecule has 10 heteroatoms. The van der Waals surface area contributed by atoms with Gasteiger partial charge in [0.15, 0.2) is 11.5 Å². The summed E-state index contributed by atoms with van der Waals surface area (Å²) < 4.78 is 44.2. The topological polar surface area (TPSA) is 107 Å². The van der Waals surface area contributed by atoms with Crippen LogP contribution in [0.3, 0.4) is 0 Å². The second-order valence-corrected chi connectivity index (χ2v) is 9.42. The number of anilines is 1. The summed E-state index contributed by atoms with van der Waals surface area (Å²) in [6, 6.07) is 19.6. The van der Waals surface area contributed by atoms with Gasteiger partial charge in [-0.25, -0.2) is 13.8 Å². The van der Waals surface area contributed by atoms with Crippen molar-refractivity contribution < 1.29 is 27.4 Å². The van der Waals surface area contributed by atoms with Gasteiger partial charge in [0.25, 0.3) is 15.9 Å². The predicted molar refractivity (Wildman–Crippen MR) is 143 cm³/mol. The summed E-state index contributed by atoms with van der Waals surface area (Å²) in [5, 5.41) is 3.99. The van der Waals surface area contributed by atoms with Crippen molar-refractivity contribution in [1.82, 2.24) is 5.43 Å². The van der Waals surface area contributed by atoms with E-state index in [9.17, 15) is 13.2 Å². The van der Waals surface area contributed by atoms with Crippen molar-refractivity contribution >= 4 is 27.8 Å². The summed E-state index contributed by atoms with van der Waals surface area (Å²) in [4.78, 5) is 12.8. The minimum absolute atomic E-state index is 0.0522. The highest BCUT2D eigenvalue weighted by Crippen LogP contribution is 2.28. The average Bonchev–Trinajstić information content (AvgIpc) is 2.92. The lowest BCUT2D eigenvalue weighted by molar-refractivity contribution is -0.119. The number of hydrogen-bond acceptors (Lipinski definition) is 7. The number of hydrazone groups is 1. The van der Waals surface area contributed by atoms with E-state index in [4.69, 9.17) is 14.2 Å². The maximum Gasteiger partial charge on any atom is 0.264 e. The molecule has 0 heterocycles. The Morgan fingerprint density at radius 1 is 1.03 bits per heavy atom. The van der Waals surface area contributed by atoms with Crippen molar-refractivity contribution in [3.05, 3.63) is 91.0 Å². The Morgan fingerprint density at radius 2 is 1.81 bits per heavy atom. The van der Waals surface area contributed by atoms with Crippen LogP contribution in [0.5, 0.6) is 17.2 Å². The van der Waals surface area contributed by atoms with E-state index in [2.05, 4.69) is 17.1 Å². The molecule has 3 aromatic rings. The molecule has 0 spiro atoms. The van der Waals surface area contributed by atoms with Crippen LogP contribution in [0.2, 0.25) is 0 Å². The molecule has 0 saturated heterocycles. The fraction of sp³-hybridized carbons (Fsp3) is 0.185. The largest absolute Gasteiger partial charge is 0.497 e. The normalized spacial score (nSPS) is 11.1. The molecule has 1 amide bonds. The summed E-state index contributed by atoms with van der Waals surface area (Å²) in [7, 11) is -2.57. The monoisotopic (exact) mass is 523 g/mol. The first-order valence-electron chi connectivity index (χ1n) is 11.4. The Hall–Kier alpha value is -4.31. The van der Waals surface area contributed by atoms with Crippen LogP contribution in [0.15, 0.2) is 95.4 Å². The Balaban J connectivity index is 1.79. The number of benzene rings is 3. The van der Waals surface area contributed by atoms with Crippen LogP contribution in [0.4, 0.5) is 5.69 Å². The van der Waals surface area contributed by atoms with E-state index in [1.54, 1.807) is 66.7 Å². The Kier molecular flexibility index (Phi) is 9.68. The van der Waals surface area contributed by atoms with Crippen molar-refractivity contribution in [2.24, 2.45) is 5.10 Å². The van der Waals surface area contributed by atoms with Gasteiger partial charge in [-0.15, -0.1) is 0 Å². The molecule has 0 radical (unpaired) electrons. The lowest BCUT2D eigenvalue weighted by atomic mass is 10.2. The van der Waals surface area contributed by atoms with Gasteiger partial charge >= 0.3 is 0 Å². The third kappa shape index (κ3) is 7.34. The molecule has 0 fully saturated rings. The van der Waals surface area contributed by atoms with Crippen molar-refractivity contribution in [2.45, 2.75) is 11.8 Å². The molecular weight excluding hydrogens is 494 g/mol. The van der Waals surface area contributed by atoms with E-state index in [1.807, 2.05) is 6.92 Å². The Labute approximate surface area is 217 Å². The summed E-state index contributed by atoms with van der Waals surface area (Å²) in [6.45, 7) is 5.76. The van der Waals surface area contributed by atoms with Gasteiger partial charge in [-0.05, 0) is 55.0 Å². The molecule has 37 heavy (non-hydrogen) atoms. The van der Waals surface area contributed by atoms with Gasteiger partial charge in [0.1, 0.15) is 18.9 Å². The highest BCUT2D eigenvalue weighted by Gasteiger charge is 2.27. The zero-order chi connectivity index (χ0) is 26.7. The molecular formula is C27H29N3O6S. The van der Waals surface area contributed by atoms with Gasteiger partial charge in [0.2, 0.25) is 0 Å². The summed E-state index contributed by atoms with van der Waals surface area (Å²) in [5.74, 6) is 0.908. The van der Waals surface area contributed by atoms with Crippen LogP contribution < -0.4 is 23.9 Å². The molecule has 3 rings (SSSR count). The molecule has 0 aromatic heterocycles.